The maximum atomic E-state index is 10.7. The van der Waals surface area contributed by atoms with Gasteiger partial charge in [-0.05, 0) is 5.92 Å². The van der Waals surface area contributed by atoms with E-state index in [1.165, 1.54) is 11.9 Å². The van der Waals surface area contributed by atoms with Gasteiger partial charge in [0, 0.05) is 20.1 Å². The van der Waals surface area contributed by atoms with Crippen LogP contribution >= 0.6 is 0 Å². The molecule has 4 heteroatoms. The Labute approximate surface area is 66.0 Å². The Hall–Kier alpha value is -1.05. The van der Waals surface area contributed by atoms with Crippen molar-refractivity contribution in [3.05, 3.63) is 0 Å². The van der Waals surface area contributed by atoms with Gasteiger partial charge >= 0.3 is 0 Å². The first-order valence-electron chi connectivity index (χ1n) is 3.21. The van der Waals surface area contributed by atoms with E-state index in [1.807, 2.05) is 5.92 Å². The van der Waals surface area contributed by atoms with Gasteiger partial charge in [0.2, 0.25) is 0 Å². The summed E-state index contributed by atoms with van der Waals surface area (Å²) in [6.45, 7) is 0.307. The van der Waals surface area contributed by atoms with Gasteiger partial charge in [0.05, 0.1) is 6.10 Å². The quantitative estimate of drug-likeness (QED) is 0.483. The predicted molar refractivity (Wildman–Crippen MR) is 41.5 cm³/mol. The summed E-state index contributed by atoms with van der Waals surface area (Å²) in [5.74, 6) is 1.48. The van der Waals surface area contributed by atoms with Crippen molar-refractivity contribution in [2.24, 2.45) is 5.73 Å². The van der Waals surface area contributed by atoms with E-state index in [0.717, 1.165) is 0 Å². The molecule has 3 N–H and O–H groups in total. The summed E-state index contributed by atoms with van der Waals surface area (Å²) < 4.78 is 0. The summed E-state index contributed by atoms with van der Waals surface area (Å²) in [6.07, 6.45) is 4.14. The molecule has 1 atom stereocenters. The molecular formula is C7H12N2O2. The van der Waals surface area contributed by atoms with E-state index in [1.54, 1.807) is 0 Å². The highest BCUT2D eigenvalue weighted by atomic mass is 16.3. The lowest BCUT2D eigenvalue weighted by molar-refractivity contribution is -0.125. The molecule has 0 aromatic heterocycles. The molecule has 0 aliphatic rings. The van der Waals surface area contributed by atoms with Crippen LogP contribution in [0.25, 0.3) is 0 Å². The second kappa shape index (κ2) is 4.72. The van der Waals surface area contributed by atoms with Crippen molar-refractivity contribution in [2.45, 2.75) is 6.10 Å². The zero-order valence-corrected chi connectivity index (χ0v) is 6.45. The Kier molecular flexibility index (Phi) is 4.27. The monoisotopic (exact) mass is 156 g/mol. The summed E-state index contributed by atoms with van der Waals surface area (Å²) in [5.41, 5.74) is 5.12. The van der Waals surface area contributed by atoms with Crippen molar-refractivity contribution in [2.75, 3.05) is 20.1 Å². The van der Waals surface area contributed by atoms with Crippen LogP contribution in [-0.4, -0.2) is 42.2 Å². The van der Waals surface area contributed by atoms with Crippen molar-refractivity contribution >= 4 is 5.91 Å². The summed E-state index contributed by atoms with van der Waals surface area (Å²) in [4.78, 5) is 11.9. The Bertz CT molecular complexity index is 174. The van der Waals surface area contributed by atoms with Crippen LogP contribution in [0.3, 0.4) is 0 Å². The van der Waals surface area contributed by atoms with Crippen LogP contribution in [0.1, 0.15) is 0 Å². The number of terminal acetylenes is 1. The Balaban J connectivity index is 3.79. The topological polar surface area (TPSA) is 66.6 Å². The molecule has 0 heterocycles. The Morgan fingerprint density at radius 3 is 2.82 bits per heavy atom. The molecule has 0 aromatic carbocycles. The Morgan fingerprint density at radius 2 is 2.45 bits per heavy atom. The number of aliphatic hydroxyl groups is 1. The van der Waals surface area contributed by atoms with Crippen molar-refractivity contribution < 1.29 is 9.90 Å². The minimum Gasteiger partial charge on any atom is -0.390 e. The third-order valence-corrected chi connectivity index (χ3v) is 1.23. The summed E-state index contributed by atoms with van der Waals surface area (Å²) in [6, 6.07) is 0. The van der Waals surface area contributed by atoms with E-state index in [-0.39, 0.29) is 13.1 Å². The lowest BCUT2D eigenvalue weighted by Gasteiger charge is -2.16. The molecule has 0 radical (unpaired) electrons. The van der Waals surface area contributed by atoms with E-state index in [2.05, 4.69) is 0 Å². The van der Waals surface area contributed by atoms with Crippen molar-refractivity contribution in [1.82, 2.24) is 4.90 Å². The molecule has 0 aliphatic heterocycles. The summed E-state index contributed by atoms with van der Waals surface area (Å²) in [5, 5.41) is 8.99. The molecule has 0 bridgehead atoms. The van der Waals surface area contributed by atoms with Gasteiger partial charge in [0.25, 0.3) is 5.91 Å². The second-order valence-electron chi connectivity index (χ2n) is 2.22. The zero-order valence-electron chi connectivity index (χ0n) is 6.45. The molecule has 0 rings (SSSR count). The van der Waals surface area contributed by atoms with E-state index in [0.29, 0.717) is 0 Å². The molecule has 4 nitrogen and oxygen atoms in total. The number of likely N-dealkylation sites (N-methyl/N-ethyl adjacent to an activating group) is 1. The van der Waals surface area contributed by atoms with Crippen molar-refractivity contribution in [3.63, 3.8) is 0 Å². The predicted octanol–water partition coefficient (Wildman–Crippen LogP) is -1.60. The number of rotatable bonds is 3. The average molecular weight is 156 g/mol. The molecule has 0 saturated heterocycles. The summed E-state index contributed by atoms with van der Waals surface area (Å²) >= 11 is 0. The SMILES string of the molecule is C#CC(=O)N(C)CC(O)CN. The van der Waals surface area contributed by atoms with Crippen LogP contribution in [0.2, 0.25) is 0 Å². The molecule has 0 fully saturated rings. The van der Waals surface area contributed by atoms with Crippen LogP contribution in [0.15, 0.2) is 0 Å². The first-order valence-corrected chi connectivity index (χ1v) is 3.21. The van der Waals surface area contributed by atoms with Crippen LogP contribution in [0.4, 0.5) is 0 Å². The highest BCUT2D eigenvalue weighted by Crippen LogP contribution is 1.87. The van der Waals surface area contributed by atoms with Crippen molar-refractivity contribution in [1.29, 1.82) is 0 Å². The molecule has 1 amide bonds. The maximum absolute atomic E-state index is 10.7. The molecule has 0 aliphatic carbocycles. The molecule has 1 unspecified atom stereocenters. The number of hydrogen-bond donors (Lipinski definition) is 2. The van der Waals surface area contributed by atoms with Crippen molar-refractivity contribution in [3.8, 4) is 12.3 Å². The van der Waals surface area contributed by atoms with Gasteiger partial charge in [-0.3, -0.25) is 4.79 Å². The van der Waals surface area contributed by atoms with Crippen LogP contribution < -0.4 is 5.73 Å². The maximum Gasteiger partial charge on any atom is 0.298 e. The fraction of sp³-hybridized carbons (Fsp3) is 0.571. The first kappa shape index (κ1) is 9.95. The lowest BCUT2D eigenvalue weighted by Crippen LogP contribution is -2.37. The minimum atomic E-state index is -0.697. The third kappa shape index (κ3) is 3.61. The number of aliphatic hydroxyl groups excluding tert-OH is 1. The highest BCUT2D eigenvalue weighted by molar-refractivity contribution is 5.92. The smallest absolute Gasteiger partial charge is 0.298 e. The fourth-order valence-corrected chi connectivity index (χ4v) is 0.584. The second-order valence-corrected chi connectivity index (χ2v) is 2.22. The van der Waals surface area contributed by atoms with E-state index in [9.17, 15) is 4.79 Å². The molecule has 11 heavy (non-hydrogen) atoms. The molecular weight excluding hydrogens is 144 g/mol. The molecule has 62 valence electrons. The molecule has 0 aromatic rings. The van der Waals surface area contributed by atoms with Crippen LogP contribution in [0, 0.1) is 12.3 Å². The first-order chi connectivity index (χ1) is 5.11. The van der Waals surface area contributed by atoms with E-state index in [4.69, 9.17) is 17.3 Å². The standard InChI is InChI=1S/C7H12N2O2/c1-3-7(11)9(2)5-6(10)4-8/h1,6,10H,4-5,8H2,2H3. The number of nitrogens with zero attached hydrogens (tertiary/aromatic N) is 1. The largest absolute Gasteiger partial charge is 0.390 e. The normalized spacial score (nSPS) is 11.8. The van der Waals surface area contributed by atoms with Gasteiger partial charge in [0.1, 0.15) is 0 Å². The van der Waals surface area contributed by atoms with E-state index < -0.39 is 12.0 Å². The Morgan fingerprint density at radius 1 is 1.91 bits per heavy atom. The van der Waals surface area contributed by atoms with Gasteiger partial charge in [0.15, 0.2) is 0 Å². The minimum absolute atomic E-state index is 0.127. The number of carbonyl (C=O) groups excluding carboxylic acids is 1. The van der Waals surface area contributed by atoms with Gasteiger partial charge in [-0.25, -0.2) is 0 Å². The van der Waals surface area contributed by atoms with E-state index >= 15 is 0 Å². The molecule has 0 saturated carbocycles. The third-order valence-electron chi connectivity index (χ3n) is 1.23. The fourth-order valence-electron chi connectivity index (χ4n) is 0.584. The number of hydrogen-bond acceptors (Lipinski definition) is 3. The van der Waals surface area contributed by atoms with Crippen LogP contribution in [0.5, 0.6) is 0 Å². The summed E-state index contributed by atoms with van der Waals surface area (Å²) in [7, 11) is 1.51. The molecule has 0 spiro atoms. The van der Waals surface area contributed by atoms with Crippen LogP contribution in [-0.2, 0) is 4.79 Å². The number of amides is 1. The number of carbonyl (C=O) groups is 1. The highest BCUT2D eigenvalue weighted by Gasteiger charge is 2.09. The van der Waals surface area contributed by atoms with Gasteiger partial charge in [-0.15, -0.1) is 6.42 Å². The van der Waals surface area contributed by atoms with Gasteiger partial charge in [-0.1, -0.05) is 0 Å². The lowest BCUT2D eigenvalue weighted by atomic mass is 10.3. The number of nitrogens with two attached hydrogens (primary N) is 1. The average Bonchev–Trinajstić information content (AvgIpc) is 2.02. The zero-order chi connectivity index (χ0) is 8.85. The van der Waals surface area contributed by atoms with Gasteiger partial charge in [-0.2, -0.15) is 0 Å². The van der Waals surface area contributed by atoms with Gasteiger partial charge < -0.3 is 15.7 Å².